The number of hydrogen-bond acceptors (Lipinski definition) is 4. The fourth-order valence-corrected chi connectivity index (χ4v) is 5.23. The Labute approximate surface area is 254 Å². The predicted octanol–water partition coefficient (Wildman–Crippen LogP) is 7.51. The van der Waals surface area contributed by atoms with Gasteiger partial charge in [-0.2, -0.15) is 0 Å². The normalized spacial score (nSPS) is 11.2. The van der Waals surface area contributed by atoms with E-state index in [0.29, 0.717) is 26.0 Å². The topological polar surface area (TPSA) is 65.4 Å². The first-order chi connectivity index (χ1) is 21.1. The van der Waals surface area contributed by atoms with Crippen molar-refractivity contribution in [1.82, 2.24) is 14.9 Å². The number of methoxy groups -OCH3 is 1. The number of hydrogen-bond donors (Lipinski definition) is 1. The van der Waals surface area contributed by atoms with Crippen LogP contribution in [0.3, 0.4) is 0 Å². The van der Waals surface area contributed by atoms with Gasteiger partial charge in [-0.3, -0.25) is 4.79 Å². The smallest absolute Gasteiger partial charge is 0.224 e. The van der Waals surface area contributed by atoms with E-state index in [-0.39, 0.29) is 5.91 Å². The van der Waals surface area contributed by atoms with Crippen LogP contribution in [0, 0.1) is 0 Å². The third-order valence-corrected chi connectivity index (χ3v) is 7.41. The molecule has 0 saturated carbocycles. The third kappa shape index (κ3) is 7.92. The van der Waals surface area contributed by atoms with Crippen LogP contribution in [0.1, 0.15) is 36.7 Å². The number of para-hydroxylation sites is 2. The first kappa shape index (κ1) is 29.6. The number of aryl methyl sites for hydroxylation is 1. The van der Waals surface area contributed by atoms with Crippen molar-refractivity contribution in [3.63, 3.8) is 0 Å². The highest BCUT2D eigenvalue weighted by Gasteiger charge is 2.12. The number of fused-ring (bicyclic) bond motifs is 1. The molecule has 5 rings (SSSR count). The molecule has 0 bridgehead atoms. The summed E-state index contributed by atoms with van der Waals surface area (Å²) in [5, 5.41) is 3.09. The van der Waals surface area contributed by atoms with Crippen LogP contribution in [-0.2, 0) is 24.2 Å². The average molecular weight is 574 g/mol. The van der Waals surface area contributed by atoms with Crippen LogP contribution in [0.2, 0.25) is 0 Å². The molecule has 0 aliphatic heterocycles. The van der Waals surface area contributed by atoms with Gasteiger partial charge in [-0.1, -0.05) is 84.9 Å². The van der Waals surface area contributed by atoms with E-state index in [9.17, 15) is 4.79 Å². The van der Waals surface area contributed by atoms with Crippen molar-refractivity contribution >= 4 is 23.0 Å². The van der Waals surface area contributed by atoms with Crippen LogP contribution >= 0.6 is 0 Å². The lowest BCUT2D eigenvalue weighted by atomic mass is 10.0. The van der Waals surface area contributed by atoms with Crippen molar-refractivity contribution in [2.24, 2.45) is 0 Å². The van der Waals surface area contributed by atoms with Gasteiger partial charge in [0.25, 0.3) is 0 Å². The minimum absolute atomic E-state index is 0.0152. The highest BCUT2D eigenvalue weighted by Crippen LogP contribution is 2.29. The molecule has 0 aliphatic rings. The van der Waals surface area contributed by atoms with Gasteiger partial charge in [0.2, 0.25) is 5.91 Å². The number of imidazole rings is 1. The number of benzene rings is 4. The van der Waals surface area contributed by atoms with Crippen LogP contribution < -0.4 is 14.8 Å². The number of nitrogens with zero attached hydrogens (tertiary/aromatic N) is 2. The molecule has 0 fully saturated rings. The van der Waals surface area contributed by atoms with Gasteiger partial charge in [0.15, 0.2) is 11.5 Å². The summed E-state index contributed by atoms with van der Waals surface area (Å²) in [6, 6.07) is 32.6. The van der Waals surface area contributed by atoms with Crippen molar-refractivity contribution < 1.29 is 14.3 Å². The van der Waals surface area contributed by atoms with Crippen molar-refractivity contribution in [2.45, 2.75) is 39.2 Å². The molecular weight excluding hydrogens is 534 g/mol. The average Bonchev–Trinajstić information content (AvgIpc) is 3.39. The Kier molecular flexibility index (Phi) is 10.3. The lowest BCUT2D eigenvalue weighted by Gasteiger charge is -2.13. The summed E-state index contributed by atoms with van der Waals surface area (Å²) in [7, 11) is 1.67. The zero-order valence-electron chi connectivity index (χ0n) is 25.0. The van der Waals surface area contributed by atoms with Gasteiger partial charge in [-0.05, 0) is 66.3 Å². The molecule has 0 spiro atoms. The molecular formula is C37H39N3O3. The van der Waals surface area contributed by atoms with Crippen LogP contribution in [0.4, 0.5) is 0 Å². The highest BCUT2D eigenvalue weighted by atomic mass is 16.5. The van der Waals surface area contributed by atoms with E-state index in [1.165, 1.54) is 5.56 Å². The largest absolute Gasteiger partial charge is 0.493 e. The Hall–Kier alpha value is -4.84. The first-order valence-corrected chi connectivity index (χ1v) is 14.9. The number of rotatable bonds is 14. The van der Waals surface area contributed by atoms with Crippen LogP contribution in [0.5, 0.6) is 11.5 Å². The minimum Gasteiger partial charge on any atom is -0.493 e. The number of allylic oxidation sites excluding steroid dienone is 1. The molecule has 4 aromatic carbocycles. The fraction of sp³-hybridized carbons (Fsp3) is 0.243. The van der Waals surface area contributed by atoms with Gasteiger partial charge >= 0.3 is 0 Å². The van der Waals surface area contributed by atoms with E-state index < -0.39 is 0 Å². The van der Waals surface area contributed by atoms with E-state index in [1.807, 2.05) is 85.8 Å². The number of nitrogens with one attached hydrogen (secondary N) is 1. The fourth-order valence-electron chi connectivity index (χ4n) is 5.23. The zero-order valence-corrected chi connectivity index (χ0v) is 25.0. The van der Waals surface area contributed by atoms with Crippen LogP contribution in [-0.4, -0.2) is 35.7 Å². The minimum atomic E-state index is 0.0152. The summed E-state index contributed by atoms with van der Waals surface area (Å²) in [5.74, 6) is 2.49. The summed E-state index contributed by atoms with van der Waals surface area (Å²) in [4.78, 5) is 17.6. The van der Waals surface area contributed by atoms with Gasteiger partial charge in [-0.15, -0.1) is 0 Å². The second-order valence-electron chi connectivity index (χ2n) is 10.5. The molecule has 6 heteroatoms. The Balaban J connectivity index is 1.12. The van der Waals surface area contributed by atoms with Crippen molar-refractivity contribution in [1.29, 1.82) is 0 Å². The van der Waals surface area contributed by atoms with Gasteiger partial charge in [0.1, 0.15) is 5.82 Å². The number of aromatic nitrogens is 2. The molecule has 0 aliphatic carbocycles. The number of unbranched alkanes of at least 4 members (excludes halogenated alkanes) is 1. The van der Waals surface area contributed by atoms with Crippen molar-refractivity contribution in [3.8, 4) is 22.6 Å². The monoisotopic (exact) mass is 573 g/mol. The highest BCUT2D eigenvalue weighted by molar-refractivity contribution is 5.79. The molecule has 1 amide bonds. The standard InChI is InChI=1S/C37H39N3O3/c1-3-11-28-18-21-34(35(26-28)42-2)43-25-10-9-24-40-33-15-8-7-14-32(33)39-36(40)22-23-38-37(41)27-29-16-19-31(20-17-29)30-12-5-4-6-13-30/h3-8,11-21,26H,9-10,22-25,27H2,1-2H3,(H,38,41)/b11-3+. The quantitative estimate of drug-likeness (QED) is 0.140. The van der Waals surface area contributed by atoms with E-state index in [1.54, 1.807) is 7.11 Å². The van der Waals surface area contributed by atoms with Crippen molar-refractivity contribution in [2.75, 3.05) is 20.3 Å². The molecule has 6 nitrogen and oxygen atoms in total. The SMILES string of the molecule is C/C=C/c1ccc(OCCCCn2c(CCNC(=O)Cc3ccc(-c4ccccc4)cc3)nc3ccccc32)c(OC)c1. The van der Waals surface area contributed by atoms with Gasteiger partial charge < -0.3 is 19.4 Å². The second kappa shape index (κ2) is 14.9. The van der Waals surface area contributed by atoms with E-state index in [2.05, 4.69) is 40.2 Å². The summed E-state index contributed by atoms with van der Waals surface area (Å²) in [6.07, 6.45) is 6.90. The van der Waals surface area contributed by atoms with Crippen LogP contribution in [0.25, 0.3) is 28.2 Å². The molecule has 220 valence electrons. The Morgan fingerprint density at radius 3 is 2.44 bits per heavy atom. The van der Waals surface area contributed by atoms with Gasteiger partial charge in [0.05, 0.1) is 31.2 Å². The van der Waals surface area contributed by atoms with Crippen molar-refractivity contribution in [3.05, 3.63) is 120 Å². The second-order valence-corrected chi connectivity index (χ2v) is 10.5. The summed E-state index contributed by atoms with van der Waals surface area (Å²) < 4.78 is 13.8. The summed E-state index contributed by atoms with van der Waals surface area (Å²) >= 11 is 0. The molecule has 1 N–H and O–H groups in total. The molecule has 5 aromatic rings. The molecule has 1 heterocycles. The van der Waals surface area contributed by atoms with E-state index in [0.717, 1.165) is 64.4 Å². The van der Waals surface area contributed by atoms with Gasteiger partial charge in [-0.25, -0.2) is 4.98 Å². The maximum absolute atomic E-state index is 12.7. The van der Waals surface area contributed by atoms with E-state index in [4.69, 9.17) is 14.5 Å². The number of ether oxygens (including phenoxy) is 2. The maximum atomic E-state index is 12.7. The third-order valence-electron chi connectivity index (χ3n) is 7.41. The molecule has 0 saturated heterocycles. The Morgan fingerprint density at radius 2 is 1.65 bits per heavy atom. The van der Waals surface area contributed by atoms with Gasteiger partial charge in [0, 0.05) is 19.5 Å². The Bertz CT molecular complexity index is 1660. The molecule has 0 unspecified atom stereocenters. The lowest BCUT2D eigenvalue weighted by Crippen LogP contribution is -2.28. The number of carbonyl (C=O) groups excluding carboxylic acids is 1. The first-order valence-electron chi connectivity index (χ1n) is 14.9. The molecule has 0 atom stereocenters. The maximum Gasteiger partial charge on any atom is 0.224 e. The molecule has 0 radical (unpaired) electrons. The van der Waals surface area contributed by atoms with E-state index >= 15 is 0 Å². The summed E-state index contributed by atoms with van der Waals surface area (Å²) in [5.41, 5.74) is 6.49. The van der Waals surface area contributed by atoms with Crippen LogP contribution in [0.15, 0.2) is 103 Å². The Morgan fingerprint density at radius 1 is 0.884 bits per heavy atom. The number of carbonyl (C=O) groups is 1. The predicted molar refractivity (Wildman–Crippen MR) is 174 cm³/mol. The summed E-state index contributed by atoms with van der Waals surface area (Å²) in [6.45, 7) is 3.97. The molecule has 1 aromatic heterocycles. The lowest BCUT2D eigenvalue weighted by molar-refractivity contribution is -0.120. The molecule has 43 heavy (non-hydrogen) atoms. The number of amides is 1. The zero-order chi connectivity index (χ0) is 29.9.